The molecule has 0 bridgehead atoms. The monoisotopic (exact) mass is 524 g/mol. The highest BCUT2D eigenvalue weighted by Crippen LogP contribution is 2.40. The number of carboxylic acids is 1. The number of ether oxygens (including phenoxy) is 2. The lowest BCUT2D eigenvalue weighted by Crippen LogP contribution is -2.11. The zero-order valence-corrected chi connectivity index (χ0v) is 21.5. The maximum Gasteiger partial charge on any atom is 0.300 e. The van der Waals surface area contributed by atoms with E-state index in [9.17, 15) is 4.79 Å². The van der Waals surface area contributed by atoms with E-state index < -0.39 is 5.97 Å². The first-order valence-corrected chi connectivity index (χ1v) is 12.9. The number of carbonyl (C=O) groups is 1. The SMILES string of the molecule is CC(=O)O.NCc1cccc(Cn2cc(-c3nc4cc5c(cc4[nH]c3=O)CCC5)c3cc4c(cc32)OCO4)c1. The Morgan fingerprint density at radius 1 is 1.08 bits per heavy atom. The van der Waals surface area contributed by atoms with E-state index in [1.807, 2.05) is 30.5 Å². The Labute approximate surface area is 223 Å². The number of aryl methyl sites for hydroxylation is 2. The van der Waals surface area contributed by atoms with Gasteiger partial charge in [-0.15, -0.1) is 0 Å². The zero-order valence-electron chi connectivity index (χ0n) is 21.5. The van der Waals surface area contributed by atoms with Crippen molar-refractivity contribution in [3.63, 3.8) is 0 Å². The summed E-state index contributed by atoms with van der Waals surface area (Å²) < 4.78 is 13.4. The van der Waals surface area contributed by atoms with Crippen molar-refractivity contribution in [3.8, 4) is 22.8 Å². The molecule has 0 amide bonds. The first-order chi connectivity index (χ1) is 18.9. The van der Waals surface area contributed by atoms with E-state index in [1.54, 1.807) is 0 Å². The van der Waals surface area contributed by atoms with Gasteiger partial charge in [-0.3, -0.25) is 9.59 Å². The van der Waals surface area contributed by atoms with Crippen LogP contribution in [-0.4, -0.2) is 32.4 Å². The molecular weight excluding hydrogens is 496 g/mol. The van der Waals surface area contributed by atoms with Crippen LogP contribution in [0.3, 0.4) is 0 Å². The number of rotatable bonds is 4. The lowest BCUT2D eigenvalue weighted by Gasteiger charge is -2.08. The van der Waals surface area contributed by atoms with Crippen molar-refractivity contribution in [2.45, 2.75) is 39.3 Å². The Bertz CT molecular complexity index is 1800. The lowest BCUT2D eigenvalue weighted by atomic mass is 10.1. The van der Waals surface area contributed by atoms with E-state index in [1.165, 1.54) is 11.1 Å². The highest BCUT2D eigenvalue weighted by Gasteiger charge is 2.22. The van der Waals surface area contributed by atoms with E-state index in [4.69, 9.17) is 30.1 Å². The molecule has 3 aromatic carbocycles. The predicted molar refractivity (Wildman–Crippen MR) is 148 cm³/mol. The van der Waals surface area contributed by atoms with Crippen molar-refractivity contribution in [1.82, 2.24) is 14.5 Å². The third kappa shape index (κ3) is 4.72. The maximum atomic E-state index is 13.3. The minimum atomic E-state index is -0.833. The van der Waals surface area contributed by atoms with Crippen LogP contribution in [0.1, 0.15) is 35.6 Å². The maximum absolute atomic E-state index is 13.3. The predicted octanol–water partition coefficient (Wildman–Crippen LogP) is 4.36. The Morgan fingerprint density at radius 3 is 2.56 bits per heavy atom. The molecule has 1 aliphatic carbocycles. The van der Waals surface area contributed by atoms with Gasteiger partial charge in [-0.1, -0.05) is 24.3 Å². The molecule has 0 atom stereocenters. The number of hydrogen-bond donors (Lipinski definition) is 3. The zero-order chi connectivity index (χ0) is 27.1. The number of aromatic amines is 1. The van der Waals surface area contributed by atoms with E-state index in [0.717, 1.165) is 64.8 Å². The standard InChI is InChI=1S/C28H24N4O3.C2H4O2/c29-12-16-3-1-4-17(7-16)13-32-14-21(20-10-25-26(11-24(20)32)35-15-34-25)27-28(33)31-23-9-19-6-2-5-18(19)8-22(23)30-27;1-2(3)4/h1,3-4,7-11,14H,2,5-6,12-13,15,29H2,(H,31,33);1H3,(H,3,4). The van der Waals surface area contributed by atoms with Crippen molar-refractivity contribution >= 4 is 27.9 Å². The van der Waals surface area contributed by atoms with Crippen molar-refractivity contribution < 1.29 is 19.4 Å². The molecule has 0 saturated carbocycles. The molecule has 2 aromatic heterocycles. The number of carboxylic acid groups (broad SMARTS) is 1. The van der Waals surface area contributed by atoms with E-state index in [0.29, 0.717) is 30.3 Å². The number of benzene rings is 3. The third-order valence-electron chi connectivity index (χ3n) is 7.12. The summed E-state index contributed by atoms with van der Waals surface area (Å²) in [6.45, 7) is 2.39. The van der Waals surface area contributed by atoms with Crippen LogP contribution in [0.25, 0.3) is 33.2 Å². The first kappa shape index (κ1) is 24.7. The molecule has 2 aliphatic rings. The second-order valence-electron chi connectivity index (χ2n) is 9.84. The normalized spacial score (nSPS) is 13.4. The van der Waals surface area contributed by atoms with Gasteiger partial charge in [0.2, 0.25) is 6.79 Å². The Balaban J connectivity index is 0.000000650. The summed E-state index contributed by atoms with van der Waals surface area (Å²) in [5, 5.41) is 8.32. The number of H-pyrrole nitrogens is 1. The van der Waals surface area contributed by atoms with Crippen LogP contribution >= 0.6 is 0 Å². The minimum absolute atomic E-state index is 0.190. The summed E-state index contributed by atoms with van der Waals surface area (Å²) >= 11 is 0. The smallest absolute Gasteiger partial charge is 0.300 e. The van der Waals surface area contributed by atoms with Crippen LogP contribution < -0.4 is 20.8 Å². The second kappa shape index (κ2) is 9.92. The average molecular weight is 525 g/mol. The molecule has 0 saturated heterocycles. The fourth-order valence-electron chi connectivity index (χ4n) is 5.39. The average Bonchev–Trinajstić information content (AvgIpc) is 3.64. The number of fused-ring (bicyclic) bond motifs is 4. The van der Waals surface area contributed by atoms with Crippen molar-refractivity contribution in [2.75, 3.05) is 6.79 Å². The quantitative estimate of drug-likeness (QED) is 0.318. The topological polar surface area (TPSA) is 132 Å². The molecule has 4 N–H and O–H groups in total. The molecule has 5 aromatic rings. The number of aromatic nitrogens is 3. The van der Waals surface area contributed by atoms with Gasteiger partial charge < -0.3 is 29.9 Å². The van der Waals surface area contributed by atoms with E-state index >= 15 is 0 Å². The summed E-state index contributed by atoms with van der Waals surface area (Å²) in [6.07, 6.45) is 5.27. The molecule has 9 heteroatoms. The van der Waals surface area contributed by atoms with Gasteiger partial charge in [-0.2, -0.15) is 0 Å². The number of hydrogen-bond acceptors (Lipinski definition) is 6. The molecule has 9 nitrogen and oxygen atoms in total. The molecule has 7 rings (SSSR count). The van der Waals surface area contributed by atoms with E-state index in [2.05, 4.69) is 33.8 Å². The van der Waals surface area contributed by atoms with Crippen molar-refractivity contribution in [3.05, 3.63) is 87.3 Å². The van der Waals surface area contributed by atoms with E-state index in [-0.39, 0.29) is 12.4 Å². The van der Waals surface area contributed by atoms with Crippen LogP contribution in [0.5, 0.6) is 11.5 Å². The van der Waals surface area contributed by atoms with Crippen molar-refractivity contribution in [1.29, 1.82) is 0 Å². The number of nitrogens with one attached hydrogen (secondary N) is 1. The Morgan fingerprint density at radius 2 is 1.79 bits per heavy atom. The molecule has 0 spiro atoms. The Hall–Kier alpha value is -4.63. The largest absolute Gasteiger partial charge is 0.481 e. The van der Waals surface area contributed by atoms with Gasteiger partial charge in [0, 0.05) is 43.2 Å². The molecule has 3 heterocycles. The van der Waals surface area contributed by atoms with Gasteiger partial charge in [0.05, 0.1) is 16.6 Å². The number of nitrogens with two attached hydrogens (primary N) is 1. The van der Waals surface area contributed by atoms with Crippen molar-refractivity contribution in [2.24, 2.45) is 5.73 Å². The van der Waals surface area contributed by atoms with Gasteiger partial charge in [0.15, 0.2) is 11.5 Å². The molecule has 0 unspecified atom stereocenters. The highest BCUT2D eigenvalue weighted by atomic mass is 16.7. The molecular formula is C30H28N4O5. The fraction of sp³-hybridized carbons (Fsp3) is 0.233. The summed E-state index contributed by atoms with van der Waals surface area (Å²) in [6, 6.07) is 16.4. The van der Waals surface area contributed by atoms with Crippen LogP contribution in [-0.2, 0) is 30.7 Å². The highest BCUT2D eigenvalue weighted by molar-refractivity contribution is 5.98. The van der Waals surface area contributed by atoms with Gasteiger partial charge >= 0.3 is 0 Å². The molecule has 0 radical (unpaired) electrons. The van der Waals surface area contributed by atoms with Gasteiger partial charge in [-0.05, 0) is 59.7 Å². The van der Waals surface area contributed by atoms with Crippen LogP contribution in [0.4, 0.5) is 0 Å². The fourth-order valence-corrected chi connectivity index (χ4v) is 5.39. The first-order valence-electron chi connectivity index (χ1n) is 12.9. The third-order valence-corrected chi connectivity index (χ3v) is 7.12. The number of aliphatic carboxylic acids is 1. The van der Waals surface area contributed by atoms with Crippen LogP contribution in [0.15, 0.2) is 59.5 Å². The molecule has 198 valence electrons. The van der Waals surface area contributed by atoms with Crippen LogP contribution in [0, 0.1) is 0 Å². The summed E-state index contributed by atoms with van der Waals surface area (Å²) in [7, 11) is 0. The van der Waals surface area contributed by atoms with Gasteiger partial charge in [0.25, 0.3) is 11.5 Å². The lowest BCUT2D eigenvalue weighted by molar-refractivity contribution is -0.134. The van der Waals surface area contributed by atoms with Crippen LogP contribution in [0.2, 0.25) is 0 Å². The molecule has 1 aliphatic heterocycles. The Kier molecular flexibility index (Phi) is 6.28. The molecule has 0 fully saturated rings. The summed E-state index contributed by atoms with van der Waals surface area (Å²) in [5.74, 6) is 0.548. The second-order valence-corrected chi connectivity index (χ2v) is 9.84. The minimum Gasteiger partial charge on any atom is -0.481 e. The number of nitrogens with zero attached hydrogens (tertiary/aromatic N) is 2. The molecule has 39 heavy (non-hydrogen) atoms. The summed E-state index contributed by atoms with van der Waals surface area (Å²) in [4.78, 5) is 30.2. The van der Waals surface area contributed by atoms with Gasteiger partial charge in [0.1, 0.15) is 5.69 Å². The summed E-state index contributed by atoms with van der Waals surface area (Å²) in [5.41, 5.74) is 14.3. The van der Waals surface area contributed by atoms with Gasteiger partial charge in [-0.25, -0.2) is 4.98 Å².